The molecular weight excluding hydrogens is 272 g/mol. The van der Waals surface area contributed by atoms with Crippen LogP contribution in [0.3, 0.4) is 0 Å². The molecule has 0 aromatic carbocycles. The molecular formula is C11H15BrN2S. The number of hydrogen-bond donors (Lipinski definition) is 1. The number of aromatic nitrogens is 2. The highest BCUT2D eigenvalue weighted by molar-refractivity contribution is 9.10. The lowest BCUT2D eigenvalue weighted by atomic mass is 10.1. The minimum absolute atomic E-state index is 0.442. The maximum absolute atomic E-state index is 5.26. The SMILES string of the molecule is CC(C)c1[nH]c(C2CC2C)nc(=S)c1Br. The van der Waals surface area contributed by atoms with Gasteiger partial charge in [0.15, 0.2) is 0 Å². The fraction of sp³-hybridized carbons (Fsp3) is 0.636. The Hall–Kier alpha value is -0.220. The number of aromatic amines is 1. The summed E-state index contributed by atoms with van der Waals surface area (Å²) in [5.41, 5.74) is 1.17. The molecule has 2 atom stereocenters. The first-order valence-electron chi connectivity index (χ1n) is 5.30. The lowest BCUT2D eigenvalue weighted by molar-refractivity contribution is 0.757. The highest BCUT2D eigenvalue weighted by Gasteiger charge is 2.36. The van der Waals surface area contributed by atoms with Crippen molar-refractivity contribution < 1.29 is 0 Å². The van der Waals surface area contributed by atoms with E-state index in [-0.39, 0.29) is 0 Å². The van der Waals surface area contributed by atoms with Crippen LogP contribution in [-0.2, 0) is 0 Å². The predicted octanol–water partition coefficient (Wildman–Crippen LogP) is 4.15. The molecule has 0 aliphatic heterocycles. The zero-order valence-corrected chi connectivity index (χ0v) is 11.6. The second-order valence-corrected chi connectivity index (χ2v) is 5.81. The highest BCUT2D eigenvalue weighted by Crippen LogP contribution is 2.45. The van der Waals surface area contributed by atoms with Crippen LogP contribution in [-0.4, -0.2) is 9.97 Å². The van der Waals surface area contributed by atoms with E-state index < -0.39 is 0 Å². The fourth-order valence-corrected chi connectivity index (χ4v) is 2.62. The number of rotatable bonds is 2. The number of nitrogens with one attached hydrogen (secondary N) is 1. The third-order valence-electron chi connectivity index (χ3n) is 2.95. The van der Waals surface area contributed by atoms with E-state index in [1.165, 1.54) is 12.1 Å². The molecule has 2 rings (SSSR count). The van der Waals surface area contributed by atoms with Gasteiger partial charge in [0.25, 0.3) is 0 Å². The number of nitrogens with zero attached hydrogens (tertiary/aromatic N) is 1. The lowest BCUT2D eigenvalue weighted by Gasteiger charge is -2.10. The molecule has 1 aromatic heterocycles. The van der Waals surface area contributed by atoms with Crippen molar-refractivity contribution in [1.29, 1.82) is 0 Å². The van der Waals surface area contributed by atoms with E-state index in [1.54, 1.807) is 0 Å². The van der Waals surface area contributed by atoms with Crippen LogP contribution in [0.15, 0.2) is 4.47 Å². The summed E-state index contributed by atoms with van der Waals surface area (Å²) in [5.74, 6) is 2.86. The molecule has 0 saturated heterocycles. The van der Waals surface area contributed by atoms with Crippen molar-refractivity contribution in [2.24, 2.45) is 5.92 Å². The average Bonchev–Trinajstić information content (AvgIpc) is 2.87. The maximum Gasteiger partial charge on any atom is 0.144 e. The van der Waals surface area contributed by atoms with Gasteiger partial charge in [-0.3, -0.25) is 0 Å². The van der Waals surface area contributed by atoms with Crippen LogP contribution < -0.4 is 0 Å². The predicted molar refractivity (Wildman–Crippen MR) is 67.7 cm³/mol. The molecule has 1 heterocycles. The van der Waals surface area contributed by atoms with Crippen molar-refractivity contribution in [3.8, 4) is 0 Å². The standard InChI is InChI=1S/C11H15BrN2S/c1-5(2)9-8(12)11(15)14-10(13-9)7-4-6(7)3/h5-7H,4H2,1-3H3,(H,13,14,15). The van der Waals surface area contributed by atoms with Crippen LogP contribution in [0.25, 0.3) is 0 Å². The van der Waals surface area contributed by atoms with E-state index in [1.807, 2.05) is 0 Å². The molecule has 15 heavy (non-hydrogen) atoms. The molecule has 2 unspecified atom stereocenters. The van der Waals surface area contributed by atoms with Crippen molar-refractivity contribution in [2.45, 2.75) is 39.0 Å². The van der Waals surface area contributed by atoms with Crippen LogP contribution in [0.5, 0.6) is 0 Å². The Morgan fingerprint density at radius 3 is 2.60 bits per heavy atom. The molecule has 1 N–H and O–H groups in total. The van der Waals surface area contributed by atoms with Gasteiger partial charge in [0.2, 0.25) is 0 Å². The Bertz CT molecular complexity index is 439. The summed E-state index contributed by atoms with van der Waals surface area (Å²) in [7, 11) is 0. The van der Waals surface area contributed by atoms with Crippen molar-refractivity contribution in [3.05, 3.63) is 20.6 Å². The summed E-state index contributed by atoms with van der Waals surface area (Å²) < 4.78 is 1.64. The van der Waals surface area contributed by atoms with Gasteiger partial charge >= 0.3 is 0 Å². The Kier molecular flexibility index (Phi) is 2.99. The Morgan fingerprint density at radius 1 is 1.53 bits per heavy atom. The Morgan fingerprint density at radius 2 is 2.13 bits per heavy atom. The number of hydrogen-bond acceptors (Lipinski definition) is 2. The van der Waals surface area contributed by atoms with Gasteiger partial charge in [-0.15, -0.1) is 0 Å². The minimum Gasteiger partial charge on any atom is -0.346 e. The van der Waals surface area contributed by atoms with Crippen LogP contribution in [0.4, 0.5) is 0 Å². The van der Waals surface area contributed by atoms with Crippen molar-refractivity contribution in [1.82, 2.24) is 9.97 Å². The van der Waals surface area contributed by atoms with E-state index in [0.29, 0.717) is 16.5 Å². The summed E-state index contributed by atoms with van der Waals surface area (Å²) in [4.78, 5) is 7.86. The third-order valence-corrected chi connectivity index (χ3v) is 4.31. The van der Waals surface area contributed by atoms with Gasteiger partial charge < -0.3 is 4.98 Å². The fourth-order valence-electron chi connectivity index (χ4n) is 1.77. The largest absolute Gasteiger partial charge is 0.346 e. The van der Waals surface area contributed by atoms with Gasteiger partial charge in [-0.1, -0.05) is 33.0 Å². The zero-order valence-electron chi connectivity index (χ0n) is 9.17. The van der Waals surface area contributed by atoms with Crippen molar-refractivity contribution in [3.63, 3.8) is 0 Å². The molecule has 1 aliphatic rings. The molecule has 0 spiro atoms. The summed E-state index contributed by atoms with van der Waals surface area (Å²) >= 11 is 8.76. The van der Waals surface area contributed by atoms with Gasteiger partial charge in [0.1, 0.15) is 10.5 Å². The van der Waals surface area contributed by atoms with Crippen LogP contribution in [0, 0.1) is 10.6 Å². The quantitative estimate of drug-likeness (QED) is 0.828. The first-order chi connectivity index (χ1) is 7.00. The number of halogens is 1. The Labute approximate surface area is 104 Å². The first kappa shape index (κ1) is 11.3. The van der Waals surface area contributed by atoms with Gasteiger partial charge in [-0.2, -0.15) is 0 Å². The van der Waals surface area contributed by atoms with Crippen LogP contribution >= 0.6 is 28.1 Å². The monoisotopic (exact) mass is 286 g/mol. The smallest absolute Gasteiger partial charge is 0.144 e. The van der Waals surface area contributed by atoms with Crippen LogP contribution in [0.1, 0.15) is 50.5 Å². The number of H-pyrrole nitrogens is 1. The minimum atomic E-state index is 0.442. The normalized spacial score (nSPS) is 24.6. The summed E-state index contributed by atoms with van der Waals surface area (Å²) in [6, 6.07) is 0. The molecule has 1 aromatic rings. The molecule has 1 aliphatic carbocycles. The van der Waals surface area contributed by atoms with Gasteiger partial charge in [0.05, 0.1) is 4.47 Å². The van der Waals surface area contributed by atoms with E-state index in [2.05, 4.69) is 46.7 Å². The molecule has 1 saturated carbocycles. The Balaban J connectivity index is 2.47. The molecule has 1 fully saturated rings. The highest BCUT2D eigenvalue weighted by atomic mass is 79.9. The van der Waals surface area contributed by atoms with E-state index in [0.717, 1.165) is 16.2 Å². The molecule has 0 radical (unpaired) electrons. The van der Waals surface area contributed by atoms with Gasteiger partial charge in [-0.25, -0.2) is 4.98 Å². The van der Waals surface area contributed by atoms with Crippen LogP contribution in [0.2, 0.25) is 0 Å². The van der Waals surface area contributed by atoms with Crippen molar-refractivity contribution >= 4 is 28.1 Å². The van der Waals surface area contributed by atoms with Gasteiger partial charge in [0, 0.05) is 11.6 Å². The summed E-state index contributed by atoms with van der Waals surface area (Å²) in [6.07, 6.45) is 1.23. The molecule has 82 valence electrons. The molecule has 0 bridgehead atoms. The topological polar surface area (TPSA) is 28.7 Å². The second-order valence-electron chi connectivity index (χ2n) is 4.63. The van der Waals surface area contributed by atoms with Crippen molar-refractivity contribution in [2.75, 3.05) is 0 Å². The van der Waals surface area contributed by atoms with E-state index in [4.69, 9.17) is 12.2 Å². The molecule has 2 nitrogen and oxygen atoms in total. The maximum atomic E-state index is 5.26. The summed E-state index contributed by atoms with van der Waals surface area (Å²) in [6.45, 7) is 6.57. The first-order valence-corrected chi connectivity index (χ1v) is 6.50. The average molecular weight is 287 g/mol. The zero-order chi connectivity index (χ0) is 11.2. The van der Waals surface area contributed by atoms with Gasteiger partial charge in [-0.05, 0) is 34.2 Å². The lowest BCUT2D eigenvalue weighted by Crippen LogP contribution is -2.02. The van der Waals surface area contributed by atoms with E-state index in [9.17, 15) is 0 Å². The molecule has 4 heteroatoms. The third kappa shape index (κ3) is 2.16. The molecule has 0 amide bonds. The summed E-state index contributed by atoms with van der Waals surface area (Å²) in [5, 5.41) is 0. The second kappa shape index (κ2) is 3.98. The van der Waals surface area contributed by atoms with E-state index >= 15 is 0 Å².